The number of nitrogens with zero attached hydrogens (tertiary/aromatic N) is 6. The van der Waals surface area contributed by atoms with Gasteiger partial charge in [-0.1, -0.05) is 38.5 Å². The van der Waals surface area contributed by atoms with E-state index in [-0.39, 0.29) is 36.8 Å². The van der Waals surface area contributed by atoms with Gasteiger partial charge in [0.1, 0.15) is 17.8 Å². The number of anilines is 1. The van der Waals surface area contributed by atoms with Crippen molar-refractivity contribution in [2.45, 2.75) is 26.2 Å². The number of hydrogen-bond acceptors (Lipinski definition) is 6. The van der Waals surface area contributed by atoms with Gasteiger partial charge in [0, 0.05) is 6.20 Å². The van der Waals surface area contributed by atoms with E-state index in [0.29, 0.717) is 5.69 Å². The molecule has 0 unspecified atom stereocenters. The average Bonchev–Trinajstić information content (AvgIpc) is 3.14. The van der Waals surface area contributed by atoms with Crippen molar-refractivity contribution in [1.82, 2.24) is 19.9 Å². The van der Waals surface area contributed by atoms with Crippen LogP contribution in [0.5, 0.6) is 0 Å². The fourth-order valence-electron chi connectivity index (χ4n) is 2.60. The van der Waals surface area contributed by atoms with Crippen molar-refractivity contribution in [1.29, 1.82) is 0 Å². The van der Waals surface area contributed by atoms with Gasteiger partial charge in [0.25, 0.3) is 0 Å². The molecule has 3 aromatic rings. The van der Waals surface area contributed by atoms with Gasteiger partial charge in [-0.25, -0.2) is 8.78 Å². The van der Waals surface area contributed by atoms with E-state index in [2.05, 4.69) is 53.0 Å². The number of rotatable bonds is 2. The fraction of sp³-hybridized carbons (Fsp3) is 0.227. The van der Waals surface area contributed by atoms with Gasteiger partial charge >= 0.3 is 20.1 Å². The van der Waals surface area contributed by atoms with Crippen molar-refractivity contribution >= 4 is 12.0 Å². The third-order valence-electron chi connectivity index (χ3n) is 4.24. The van der Waals surface area contributed by atoms with Gasteiger partial charge in [-0.2, -0.15) is 11.2 Å². The Morgan fingerprint density at radius 3 is 2.15 bits per heavy atom. The van der Waals surface area contributed by atoms with Crippen molar-refractivity contribution in [2.24, 2.45) is 5.10 Å². The Kier molecular flexibility index (Phi) is 8.63. The van der Waals surface area contributed by atoms with Crippen LogP contribution in [0.2, 0.25) is 0 Å². The van der Waals surface area contributed by atoms with Crippen molar-refractivity contribution in [3.05, 3.63) is 78.6 Å². The first kappa shape index (κ1) is 26.3. The molecule has 3 aromatic heterocycles. The molecule has 0 fully saturated rings. The zero-order chi connectivity index (χ0) is 23.5. The molecule has 0 N–H and O–H groups in total. The normalized spacial score (nSPS) is 12.8. The molecule has 4 heterocycles. The van der Waals surface area contributed by atoms with E-state index < -0.39 is 23.8 Å². The van der Waals surface area contributed by atoms with Crippen LogP contribution in [0.25, 0.3) is 11.3 Å². The Labute approximate surface area is 202 Å². The van der Waals surface area contributed by atoms with E-state index in [4.69, 9.17) is 0 Å². The van der Waals surface area contributed by atoms with Crippen LogP contribution in [0.15, 0.2) is 35.6 Å². The Balaban J connectivity index is 0.000000233. The third kappa shape index (κ3) is 6.79. The van der Waals surface area contributed by atoms with Gasteiger partial charge in [0.2, 0.25) is 0 Å². The minimum Gasteiger partial charge on any atom is -0.493 e. The summed E-state index contributed by atoms with van der Waals surface area (Å²) >= 11 is 0. The van der Waals surface area contributed by atoms with Gasteiger partial charge in [0.05, 0.1) is 12.3 Å². The molecule has 0 bridgehead atoms. The molecule has 0 aliphatic carbocycles. The molecule has 0 atom stereocenters. The Bertz CT molecular complexity index is 1140. The predicted octanol–water partition coefficient (Wildman–Crippen LogP) is 4.49. The molecule has 0 saturated heterocycles. The predicted molar refractivity (Wildman–Crippen MR) is 111 cm³/mol. The van der Waals surface area contributed by atoms with E-state index in [9.17, 15) is 17.6 Å². The second-order valence-electron chi connectivity index (χ2n) is 7.79. The van der Waals surface area contributed by atoms with E-state index >= 15 is 0 Å². The summed E-state index contributed by atoms with van der Waals surface area (Å²) in [7, 11) is 1.73. The average molecular weight is 636 g/mol. The molecule has 33 heavy (non-hydrogen) atoms. The summed E-state index contributed by atoms with van der Waals surface area (Å²) in [6.45, 7) is 7.67. The van der Waals surface area contributed by atoms with Gasteiger partial charge < -0.3 is 19.9 Å². The maximum Gasteiger partial charge on any atom is 3.00 e. The van der Waals surface area contributed by atoms with Crippen LogP contribution in [0, 0.1) is 42.6 Å². The summed E-state index contributed by atoms with van der Waals surface area (Å²) in [5.41, 5.74) is 1.44. The smallest absolute Gasteiger partial charge is 0.493 e. The van der Waals surface area contributed by atoms with Crippen LogP contribution in [0.4, 0.5) is 23.2 Å². The van der Waals surface area contributed by atoms with Crippen LogP contribution in [-0.4, -0.2) is 33.2 Å². The molecule has 0 spiro atoms. The van der Waals surface area contributed by atoms with Crippen LogP contribution in [0.3, 0.4) is 0 Å². The first-order valence-corrected chi connectivity index (χ1v) is 9.39. The van der Waals surface area contributed by atoms with E-state index in [1.165, 1.54) is 18.0 Å². The first-order chi connectivity index (χ1) is 15.0. The van der Waals surface area contributed by atoms with Crippen LogP contribution < -0.4 is 5.01 Å². The minimum atomic E-state index is -0.936. The maximum atomic E-state index is 13.5. The molecular formula is C22H19F4IrN6. The van der Waals surface area contributed by atoms with Crippen LogP contribution in [-0.2, 0) is 25.5 Å². The number of hydrazone groups is 1. The van der Waals surface area contributed by atoms with Gasteiger partial charge in [-0.3, -0.25) is 13.8 Å². The zero-order valence-electron chi connectivity index (χ0n) is 18.1. The summed E-state index contributed by atoms with van der Waals surface area (Å²) in [6, 6.07) is 10.5. The van der Waals surface area contributed by atoms with Gasteiger partial charge in [0.15, 0.2) is 0 Å². The summed E-state index contributed by atoms with van der Waals surface area (Å²) < 4.78 is 51.8. The summed E-state index contributed by atoms with van der Waals surface area (Å²) in [5, 5.41) is 5.05. The Morgan fingerprint density at radius 2 is 1.61 bits per heavy atom. The Morgan fingerprint density at radius 1 is 0.970 bits per heavy atom. The molecule has 0 amide bonds. The van der Waals surface area contributed by atoms with Gasteiger partial charge in [-0.15, -0.1) is 18.8 Å². The number of halogens is 4. The van der Waals surface area contributed by atoms with Crippen molar-refractivity contribution in [3.63, 3.8) is 0 Å². The molecule has 6 nitrogen and oxygen atoms in total. The third-order valence-corrected chi connectivity index (χ3v) is 4.24. The molecular weight excluding hydrogens is 616 g/mol. The second-order valence-corrected chi connectivity index (χ2v) is 7.79. The van der Waals surface area contributed by atoms with E-state index in [0.717, 1.165) is 17.7 Å². The largest absolute Gasteiger partial charge is 3.00 e. The molecule has 1 aliphatic rings. The zero-order valence-corrected chi connectivity index (χ0v) is 20.5. The number of aromatic nitrogens is 3. The SMILES string of the molecule is CC(C)(C)c1ccnc(-c2[c-]cc(F)nc2F)c1.CN1C=NN(c2[c-]cc(F)nc2F)[CH-]1.[Ir+3]. The van der Waals surface area contributed by atoms with Gasteiger partial charge in [-0.05, 0) is 35.5 Å². The van der Waals surface area contributed by atoms with E-state index in [1.54, 1.807) is 24.2 Å². The molecule has 1 aliphatic heterocycles. The number of pyridine rings is 3. The first-order valence-electron chi connectivity index (χ1n) is 9.39. The molecule has 11 heteroatoms. The topological polar surface area (TPSA) is 57.5 Å². The maximum absolute atomic E-state index is 13.5. The van der Waals surface area contributed by atoms with Crippen molar-refractivity contribution in [2.75, 3.05) is 12.1 Å². The quantitative estimate of drug-likeness (QED) is 0.236. The van der Waals surface area contributed by atoms with Crippen LogP contribution in [0.1, 0.15) is 26.3 Å². The fourth-order valence-corrected chi connectivity index (χ4v) is 2.60. The monoisotopic (exact) mass is 636 g/mol. The van der Waals surface area contributed by atoms with Crippen molar-refractivity contribution in [3.8, 4) is 11.3 Å². The molecule has 0 aromatic carbocycles. The van der Waals surface area contributed by atoms with Crippen LogP contribution >= 0.6 is 0 Å². The summed E-state index contributed by atoms with van der Waals surface area (Å²) in [6.07, 6.45) is 3.09. The van der Waals surface area contributed by atoms with Crippen molar-refractivity contribution < 1.29 is 37.7 Å². The summed E-state index contributed by atoms with van der Waals surface area (Å²) in [5.74, 6) is -3.62. The Hall–Kier alpha value is -2.91. The molecule has 0 radical (unpaired) electrons. The molecule has 4 rings (SSSR count). The number of hydrogen-bond donors (Lipinski definition) is 0. The minimum absolute atomic E-state index is 0. The molecule has 174 valence electrons. The standard InChI is InChI=1S/C14H13F2N2.C8H6F2N4.Ir/c1-14(2,3)9-6-7-17-11(8-9)10-4-5-12(15)18-13(10)16;1-13-4-11-14(5-13)6-2-3-7(9)12-8(6)10;/h5-8H,1-3H3;3-5H,1H3;/q-1;-2;+3. The summed E-state index contributed by atoms with van der Waals surface area (Å²) in [4.78, 5) is 11.9. The molecule has 0 saturated carbocycles. The van der Waals surface area contributed by atoms with E-state index in [1.807, 2.05) is 6.07 Å². The second kappa shape index (κ2) is 10.8.